The van der Waals surface area contributed by atoms with Crippen LogP contribution in [-0.4, -0.2) is 84.9 Å². The van der Waals surface area contributed by atoms with Gasteiger partial charge in [-0.05, 0) is 32.0 Å². The van der Waals surface area contributed by atoms with Gasteiger partial charge in [-0.3, -0.25) is 4.90 Å². The van der Waals surface area contributed by atoms with Crippen molar-refractivity contribution in [2.75, 3.05) is 63.9 Å². The number of nitrogens with zero attached hydrogens (tertiary/aromatic N) is 2. The molecule has 2 N–H and O–H groups in total. The number of nitrogens with one attached hydrogen (secondary N) is 1. The minimum absolute atomic E-state index is 0.356. The Labute approximate surface area is 168 Å². The molecule has 3 rings (SSSR count). The van der Waals surface area contributed by atoms with Gasteiger partial charge in [-0.2, -0.15) is 11.8 Å². The third-order valence-electron chi connectivity index (χ3n) is 5.35. The van der Waals surface area contributed by atoms with Gasteiger partial charge in [0.25, 0.3) is 0 Å². The molecule has 27 heavy (non-hydrogen) atoms. The monoisotopic (exact) mass is 393 g/mol. The predicted octanol–water partition coefficient (Wildman–Crippen LogP) is 2.05. The average Bonchev–Trinajstić information content (AvgIpc) is 2.72. The van der Waals surface area contributed by atoms with Gasteiger partial charge in [-0.1, -0.05) is 24.6 Å². The lowest BCUT2D eigenvalue weighted by Gasteiger charge is -2.28. The zero-order valence-corrected chi connectivity index (χ0v) is 17.3. The molecule has 0 aromatic heterocycles. The van der Waals surface area contributed by atoms with Crippen molar-refractivity contribution < 1.29 is 9.84 Å². The summed E-state index contributed by atoms with van der Waals surface area (Å²) >= 11 is 1.99. The largest absolute Gasteiger partial charge is 0.491 e. The Morgan fingerprint density at radius 2 is 1.81 bits per heavy atom. The van der Waals surface area contributed by atoms with E-state index in [0.29, 0.717) is 13.2 Å². The van der Waals surface area contributed by atoms with E-state index < -0.39 is 6.10 Å². The molecule has 6 heteroatoms. The van der Waals surface area contributed by atoms with Crippen LogP contribution in [0.15, 0.2) is 24.3 Å². The number of likely N-dealkylation sites (tertiary alicyclic amines) is 1. The number of hydrogen-bond donors (Lipinski definition) is 2. The van der Waals surface area contributed by atoms with Gasteiger partial charge in [0.05, 0.1) is 0 Å². The van der Waals surface area contributed by atoms with E-state index in [4.69, 9.17) is 4.74 Å². The molecule has 0 spiro atoms. The van der Waals surface area contributed by atoms with Gasteiger partial charge in [-0.25, -0.2) is 0 Å². The summed E-state index contributed by atoms with van der Waals surface area (Å²) in [5.74, 6) is 3.22. The summed E-state index contributed by atoms with van der Waals surface area (Å²) in [6, 6.07) is 8.17. The van der Waals surface area contributed by atoms with Crippen molar-refractivity contribution in [2.24, 2.45) is 0 Å². The Morgan fingerprint density at radius 3 is 2.63 bits per heavy atom. The summed E-state index contributed by atoms with van der Waals surface area (Å²) in [7, 11) is 0. The van der Waals surface area contributed by atoms with Gasteiger partial charge in [0, 0.05) is 56.3 Å². The first-order chi connectivity index (χ1) is 13.3. The van der Waals surface area contributed by atoms with Gasteiger partial charge in [-0.15, -0.1) is 0 Å². The van der Waals surface area contributed by atoms with E-state index in [-0.39, 0.29) is 0 Å². The standard InChI is InChI=1S/C21H35N3O2S/c25-20(17-24-12-14-27-15-13-24)18-26-21-7-3-2-6-19(21)16-22-8-11-23-9-4-1-5-10-23/h2-3,6-7,20,22,25H,1,4-5,8-18H2/t20-/m1/s1. The molecule has 152 valence electrons. The highest BCUT2D eigenvalue weighted by molar-refractivity contribution is 7.99. The predicted molar refractivity (Wildman–Crippen MR) is 114 cm³/mol. The molecule has 0 radical (unpaired) electrons. The van der Waals surface area contributed by atoms with Crippen LogP contribution in [0.1, 0.15) is 24.8 Å². The number of thioether (sulfide) groups is 1. The fourth-order valence-electron chi connectivity index (χ4n) is 3.75. The molecule has 5 nitrogen and oxygen atoms in total. The summed E-state index contributed by atoms with van der Waals surface area (Å²) in [5.41, 5.74) is 1.16. The maximum atomic E-state index is 10.3. The Hall–Kier alpha value is -0.790. The maximum Gasteiger partial charge on any atom is 0.123 e. The summed E-state index contributed by atoms with van der Waals surface area (Å²) in [5, 5.41) is 13.9. The average molecular weight is 394 g/mol. The Morgan fingerprint density at radius 1 is 1.04 bits per heavy atom. The van der Waals surface area contributed by atoms with Gasteiger partial charge in [0.15, 0.2) is 0 Å². The highest BCUT2D eigenvalue weighted by atomic mass is 32.2. The van der Waals surface area contributed by atoms with Crippen molar-refractivity contribution in [3.05, 3.63) is 29.8 Å². The number of ether oxygens (including phenoxy) is 1. The first-order valence-electron chi connectivity index (χ1n) is 10.4. The summed E-state index contributed by atoms with van der Waals surface area (Å²) in [4.78, 5) is 4.88. The lowest BCUT2D eigenvalue weighted by Crippen LogP contribution is -2.40. The number of rotatable bonds is 10. The minimum atomic E-state index is -0.437. The van der Waals surface area contributed by atoms with Gasteiger partial charge in [0.1, 0.15) is 18.5 Å². The van der Waals surface area contributed by atoms with Crippen LogP contribution in [0, 0.1) is 0 Å². The third-order valence-corrected chi connectivity index (χ3v) is 6.29. The molecule has 1 atom stereocenters. The molecule has 2 aliphatic rings. The highest BCUT2D eigenvalue weighted by Crippen LogP contribution is 2.18. The number of benzene rings is 1. The molecule has 1 aromatic carbocycles. The van der Waals surface area contributed by atoms with E-state index in [0.717, 1.165) is 44.0 Å². The summed E-state index contributed by atoms with van der Waals surface area (Å²) < 4.78 is 5.96. The van der Waals surface area contributed by atoms with Crippen LogP contribution < -0.4 is 10.1 Å². The SMILES string of the molecule is O[C@@H](COc1ccccc1CNCCN1CCCCC1)CN1CCSCC1. The smallest absolute Gasteiger partial charge is 0.123 e. The second-order valence-corrected chi connectivity index (χ2v) is 8.79. The van der Waals surface area contributed by atoms with E-state index in [1.54, 1.807) is 0 Å². The molecule has 0 aliphatic carbocycles. The normalized spacial score (nSPS) is 20.5. The maximum absolute atomic E-state index is 10.3. The van der Waals surface area contributed by atoms with Crippen LogP contribution in [0.25, 0.3) is 0 Å². The molecular weight excluding hydrogens is 358 g/mol. The van der Waals surface area contributed by atoms with Crippen molar-refractivity contribution in [3.63, 3.8) is 0 Å². The van der Waals surface area contributed by atoms with E-state index in [2.05, 4.69) is 27.2 Å². The second kappa shape index (κ2) is 11.9. The van der Waals surface area contributed by atoms with Crippen LogP contribution in [-0.2, 0) is 6.54 Å². The molecule has 2 saturated heterocycles. The molecule has 2 fully saturated rings. The van der Waals surface area contributed by atoms with Crippen molar-refractivity contribution in [2.45, 2.75) is 31.9 Å². The van der Waals surface area contributed by atoms with Gasteiger partial charge < -0.3 is 20.1 Å². The molecule has 0 bridgehead atoms. The zero-order chi connectivity index (χ0) is 18.7. The molecule has 1 aromatic rings. The topological polar surface area (TPSA) is 48.0 Å². The highest BCUT2D eigenvalue weighted by Gasteiger charge is 2.16. The summed E-state index contributed by atoms with van der Waals surface area (Å²) in [6.07, 6.45) is 3.63. The molecule has 0 amide bonds. The molecule has 2 aliphatic heterocycles. The van der Waals surface area contributed by atoms with Crippen LogP contribution in [0.5, 0.6) is 5.75 Å². The van der Waals surface area contributed by atoms with Gasteiger partial charge >= 0.3 is 0 Å². The van der Waals surface area contributed by atoms with Crippen molar-refractivity contribution >= 4 is 11.8 Å². The summed E-state index contributed by atoms with van der Waals surface area (Å²) in [6.45, 7) is 8.62. The second-order valence-electron chi connectivity index (χ2n) is 7.56. The lowest BCUT2D eigenvalue weighted by atomic mass is 10.1. The zero-order valence-electron chi connectivity index (χ0n) is 16.4. The first kappa shape index (κ1) is 20.9. The van der Waals surface area contributed by atoms with E-state index in [1.165, 1.54) is 43.9 Å². The van der Waals surface area contributed by atoms with E-state index >= 15 is 0 Å². The Balaban J connectivity index is 1.37. The van der Waals surface area contributed by atoms with Crippen LogP contribution in [0.3, 0.4) is 0 Å². The number of aliphatic hydroxyl groups is 1. The number of aliphatic hydroxyl groups excluding tert-OH is 1. The quantitative estimate of drug-likeness (QED) is 0.594. The number of β-amino-alcohol motifs (C(OH)–C–C–N with tert-alkyl or cyclic N) is 1. The molecule has 0 saturated carbocycles. The number of piperidine rings is 1. The lowest BCUT2D eigenvalue weighted by molar-refractivity contribution is 0.0711. The fourth-order valence-corrected chi connectivity index (χ4v) is 4.73. The van der Waals surface area contributed by atoms with Crippen LogP contribution in [0.4, 0.5) is 0 Å². The molecule has 0 unspecified atom stereocenters. The number of hydrogen-bond acceptors (Lipinski definition) is 6. The molecule has 2 heterocycles. The Bertz CT molecular complexity index is 534. The first-order valence-corrected chi connectivity index (χ1v) is 11.6. The van der Waals surface area contributed by atoms with Crippen molar-refractivity contribution in [1.29, 1.82) is 0 Å². The fraction of sp³-hybridized carbons (Fsp3) is 0.714. The minimum Gasteiger partial charge on any atom is -0.491 e. The van der Waals surface area contributed by atoms with E-state index in [1.807, 2.05) is 23.9 Å². The Kier molecular flexibility index (Phi) is 9.24. The van der Waals surface area contributed by atoms with Crippen LogP contribution in [0.2, 0.25) is 0 Å². The van der Waals surface area contributed by atoms with E-state index in [9.17, 15) is 5.11 Å². The van der Waals surface area contributed by atoms with Gasteiger partial charge in [0.2, 0.25) is 0 Å². The number of para-hydroxylation sites is 1. The van der Waals surface area contributed by atoms with Crippen molar-refractivity contribution in [1.82, 2.24) is 15.1 Å². The molecular formula is C21H35N3O2S. The van der Waals surface area contributed by atoms with Crippen molar-refractivity contribution in [3.8, 4) is 5.75 Å². The van der Waals surface area contributed by atoms with Crippen LogP contribution >= 0.6 is 11.8 Å². The third kappa shape index (κ3) is 7.62.